The largest absolute Gasteiger partial charge is 0.480 e. The van der Waals surface area contributed by atoms with Gasteiger partial charge in [-0.15, -0.1) is 0 Å². The van der Waals surface area contributed by atoms with E-state index >= 15 is 0 Å². The van der Waals surface area contributed by atoms with Gasteiger partial charge in [0, 0.05) is 24.2 Å². The van der Waals surface area contributed by atoms with Crippen LogP contribution in [0.5, 0.6) is 11.9 Å². The Balaban J connectivity index is 1.39. The zero-order valence-electron chi connectivity index (χ0n) is 18.4. The van der Waals surface area contributed by atoms with Gasteiger partial charge in [-0.2, -0.15) is 15.3 Å². The number of fused-ring (bicyclic) bond motifs is 1. The van der Waals surface area contributed by atoms with Crippen molar-refractivity contribution in [3.63, 3.8) is 0 Å². The van der Waals surface area contributed by atoms with Gasteiger partial charge in [0.25, 0.3) is 0 Å². The summed E-state index contributed by atoms with van der Waals surface area (Å²) >= 11 is 0. The average Bonchev–Trinajstić information content (AvgIpc) is 3.79. The van der Waals surface area contributed by atoms with Crippen molar-refractivity contribution in [2.24, 2.45) is 0 Å². The standard InChI is InChI=1S/C25H22N6O2/c1-32-24-21(13-28-25(29-24)33-2)22-11-20(23-27-7-8-31(23)30-22)19-10-18(19)15-5-6-16(12-26)17(9-15)14-3-4-14/h5-9,11,13-14,18-19H,3-4,10H2,1-2H3/t18-,19?/m1/s1. The van der Waals surface area contributed by atoms with Gasteiger partial charge in [0.1, 0.15) is 0 Å². The minimum Gasteiger partial charge on any atom is -0.480 e. The monoisotopic (exact) mass is 438 g/mol. The lowest BCUT2D eigenvalue weighted by molar-refractivity contribution is 0.353. The van der Waals surface area contributed by atoms with Gasteiger partial charge >= 0.3 is 6.01 Å². The highest BCUT2D eigenvalue weighted by Gasteiger charge is 2.42. The molecule has 1 aromatic carbocycles. The Morgan fingerprint density at radius 3 is 2.70 bits per heavy atom. The first-order valence-corrected chi connectivity index (χ1v) is 11.0. The third kappa shape index (κ3) is 3.37. The first kappa shape index (κ1) is 19.7. The van der Waals surface area contributed by atoms with Crippen LogP contribution in [-0.2, 0) is 0 Å². The molecule has 8 heteroatoms. The zero-order valence-corrected chi connectivity index (χ0v) is 18.4. The number of benzene rings is 1. The quantitative estimate of drug-likeness (QED) is 0.444. The fourth-order valence-electron chi connectivity index (χ4n) is 4.68. The Hall–Kier alpha value is -3.99. The number of imidazole rings is 1. The fourth-order valence-corrected chi connectivity index (χ4v) is 4.68. The van der Waals surface area contributed by atoms with Crippen molar-refractivity contribution in [2.45, 2.75) is 37.0 Å². The summed E-state index contributed by atoms with van der Waals surface area (Å²) in [6.45, 7) is 0. The summed E-state index contributed by atoms with van der Waals surface area (Å²) in [5.41, 5.74) is 6.74. The van der Waals surface area contributed by atoms with Crippen molar-refractivity contribution in [3.8, 4) is 29.2 Å². The molecule has 0 saturated heterocycles. The van der Waals surface area contributed by atoms with E-state index in [1.54, 1.807) is 24.0 Å². The number of methoxy groups -OCH3 is 2. The van der Waals surface area contributed by atoms with Gasteiger partial charge in [-0.1, -0.05) is 12.1 Å². The first-order valence-electron chi connectivity index (χ1n) is 11.0. The zero-order chi connectivity index (χ0) is 22.5. The summed E-state index contributed by atoms with van der Waals surface area (Å²) in [6.07, 6.45) is 8.69. The maximum Gasteiger partial charge on any atom is 0.319 e. The fraction of sp³-hybridized carbons (Fsp3) is 0.320. The number of nitriles is 1. The van der Waals surface area contributed by atoms with Gasteiger partial charge in [-0.05, 0) is 60.3 Å². The molecule has 2 aliphatic carbocycles. The van der Waals surface area contributed by atoms with Crippen LogP contribution >= 0.6 is 0 Å². The number of ether oxygens (including phenoxy) is 2. The van der Waals surface area contributed by atoms with Crippen molar-refractivity contribution < 1.29 is 9.47 Å². The molecule has 4 aromatic rings. The van der Waals surface area contributed by atoms with Gasteiger partial charge in [-0.3, -0.25) is 0 Å². The molecular weight excluding hydrogens is 416 g/mol. The van der Waals surface area contributed by atoms with Gasteiger partial charge in [0.15, 0.2) is 5.65 Å². The van der Waals surface area contributed by atoms with Crippen LogP contribution in [0.25, 0.3) is 16.9 Å². The maximum absolute atomic E-state index is 9.48. The summed E-state index contributed by atoms with van der Waals surface area (Å²) in [5.74, 6) is 1.70. The number of aromatic nitrogens is 5. The minimum absolute atomic E-state index is 0.245. The van der Waals surface area contributed by atoms with Crippen LogP contribution in [0.2, 0.25) is 0 Å². The molecule has 0 radical (unpaired) electrons. The molecule has 0 spiro atoms. The number of hydrogen-bond donors (Lipinski definition) is 0. The number of nitrogens with zero attached hydrogens (tertiary/aromatic N) is 6. The molecule has 2 aliphatic rings. The molecule has 0 aliphatic heterocycles. The van der Waals surface area contributed by atoms with E-state index in [4.69, 9.17) is 14.6 Å². The smallest absolute Gasteiger partial charge is 0.319 e. The van der Waals surface area contributed by atoms with E-state index in [0.717, 1.165) is 28.9 Å². The lowest BCUT2D eigenvalue weighted by atomic mass is 9.97. The van der Waals surface area contributed by atoms with Crippen LogP contribution in [0.4, 0.5) is 0 Å². The van der Waals surface area contributed by atoms with E-state index in [-0.39, 0.29) is 6.01 Å². The second-order valence-electron chi connectivity index (χ2n) is 8.64. The molecule has 164 valence electrons. The van der Waals surface area contributed by atoms with Crippen LogP contribution in [-0.4, -0.2) is 38.8 Å². The van der Waals surface area contributed by atoms with Crippen molar-refractivity contribution in [1.29, 1.82) is 5.26 Å². The Bertz CT molecular complexity index is 1420. The van der Waals surface area contributed by atoms with E-state index in [1.165, 1.54) is 31.1 Å². The topological polar surface area (TPSA) is 98.2 Å². The highest BCUT2D eigenvalue weighted by Crippen LogP contribution is 2.56. The molecule has 3 heterocycles. The molecule has 2 saturated carbocycles. The summed E-state index contributed by atoms with van der Waals surface area (Å²) in [4.78, 5) is 13.1. The molecule has 8 nitrogen and oxygen atoms in total. The number of hydrogen-bond acceptors (Lipinski definition) is 7. The summed E-state index contributed by atoms with van der Waals surface area (Å²) in [7, 11) is 3.09. The molecule has 2 atom stereocenters. The van der Waals surface area contributed by atoms with Gasteiger partial charge in [0.05, 0.1) is 37.1 Å². The Labute approximate surface area is 190 Å². The summed E-state index contributed by atoms with van der Waals surface area (Å²) in [6, 6.07) is 11.0. The molecule has 33 heavy (non-hydrogen) atoms. The molecule has 3 aromatic heterocycles. The predicted molar refractivity (Wildman–Crippen MR) is 120 cm³/mol. The molecular formula is C25H22N6O2. The van der Waals surface area contributed by atoms with E-state index in [2.05, 4.69) is 39.2 Å². The Kier molecular flexibility index (Phi) is 4.50. The molecule has 6 rings (SSSR count). The van der Waals surface area contributed by atoms with Gasteiger partial charge < -0.3 is 9.47 Å². The summed E-state index contributed by atoms with van der Waals surface area (Å²) in [5, 5.41) is 14.2. The number of rotatable bonds is 6. The molecule has 0 N–H and O–H groups in total. The normalized spacial score (nSPS) is 19.3. The van der Waals surface area contributed by atoms with Crippen molar-refractivity contribution in [1.82, 2.24) is 24.6 Å². The molecule has 1 unspecified atom stereocenters. The van der Waals surface area contributed by atoms with Crippen molar-refractivity contribution in [2.75, 3.05) is 14.2 Å². The third-order valence-electron chi connectivity index (χ3n) is 6.60. The van der Waals surface area contributed by atoms with Crippen LogP contribution in [0.3, 0.4) is 0 Å². The van der Waals surface area contributed by atoms with Crippen molar-refractivity contribution >= 4 is 5.65 Å². The van der Waals surface area contributed by atoms with Crippen LogP contribution in [0.1, 0.15) is 59.3 Å². The van der Waals surface area contributed by atoms with Gasteiger partial charge in [0.2, 0.25) is 5.88 Å². The third-order valence-corrected chi connectivity index (χ3v) is 6.60. The second-order valence-corrected chi connectivity index (χ2v) is 8.64. The minimum atomic E-state index is 0.245. The predicted octanol–water partition coefficient (Wildman–Crippen LogP) is 4.22. The highest BCUT2D eigenvalue weighted by atomic mass is 16.5. The van der Waals surface area contributed by atoms with Gasteiger partial charge in [-0.25, -0.2) is 14.5 Å². The highest BCUT2D eigenvalue weighted by molar-refractivity contribution is 5.68. The van der Waals surface area contributed by atoms with Crippen LogP contribution in [0.15, 0.2) is 42.9 Å². The van der Waals surface area contributed by atoms with E-state index < -0.39 is 0 Å². The molecule has 0 bridgehead atoms. The van der Waals surface area contributed by atoms with E-state index in [9.17, 15) is 5.26 Å². The lowest BCUT2D eigenvalue weighted by Crippen LogP contribution is -2.02. The average molecular weight is 438 g/mol. The summed E-state index contributed by atoms with van der Waals surface area (Å²) < 4.78 is 12.4. The molecule has 2 fully saturated rings. The SMILES string of the molecule is COc1ncc(-c2cc(C3C[C@@H]3c3ccc(C#N)c(C4CC4)c3)c3nccn3n2)c(OC)n1. The van der Waals surface area contributed by atoms with E-state index in [0.29, 0.717) is 29.2 Å². The van der Waals surface area contributed by atoms with Crippen molar-refractivity contribution in [3.05, 3.63) is 65.1 Å². The second kappa shape index (κ2) is 7.55. The van der Waals surface area contributed by atoms with Crippen LogP contribution in [0, 0.1) is 11.3 Å². The maximum atomic E-state index is 9.48. The first-order chi connectivity index (χ1) is 16.2. The molecule has 0 amide bonds. The lowest BCUT2D eigenvalue weighted by Gasteiger charge is -2.11. The Morgan fingerprint density at radius 2 is 1.94 bits per heavy atom. The van der Waals surface area contributed by atoms with E-state index in [1.807, 2.05) is 12.3 Å². The van der Waals surface area contributed by atoms with Crippen LogP contribution < -0.4 is 9.47 Å². The Morgan fingerprint density at radius 1 is 1.06 bits per heavy atom.